The van der Waals surface area contributed by atoms with Crippen LogP contribution < -0.4 is 11.1 Å². The second-order valence-electron chi connectivity index (χ2n) is 4.03. The SMILES string of the molecule is CC(C)(N)CNC(=O)c1ccc(F)cn1.Cl. The summed E-state index contributed by atoms with van der Waals surface area (Å²) in [6.07, 6.45) is 1.00. The minimum atomic E-state index is -0.476. The van der Waals surface area contributed by atoms with Crippen LogP contribution in [-0.4, -0.2) is 23.0 Å². The molecule has 0 fully saturated rings. The van der Waals surface area contributed by atoms with Gasteiger partial charge in [0.15, 0.2) is 0 Å². The normalized spacial score (nSPS) is 10.5. The van der Waals surface area contributed by atoms with Crippen molar-refractivity contribution in [2.24, 2.45) is 5.73 Å². The number of carbonyl (C=O) groups is 1. The molecule has 0 radical (unpaired) electrons. The molecular formula is C10H15ClFN3O. The molecule has 6 heteroatoms. The van der Waals surface area contributed by atoms with E-state index in [1.807, 2.05) is 0 Å². The predicted molar refractivity (Wildman–Crippen MR) is 62.0 cm³/mol. The monoisotopic (exact) mass is 247 g/mol. The van der Waals surface area contributed by atoms with Crippen molar-refractivity contribution in [1.82, 2.24) is 10.3 Å². The van der Waals surface area contributed by atoms with E-state index < -0.39 is 11.4 Å². The lowest BCUT2D eigenvalue weighted by atomic mass is 10.1. The van der Waals surface area contributed by atoms with E-state index >= 15 is 0 Å². The average Bonchev–Trinajstić information content (AvgIpc) is 2.14. The van der Waals surface area contributed by atoms with Gasteiger partial charge in [0.1, 0.15) is 11.5 Å². The van der Waals surface area contributed by atoms with Crippen molar-refractivity contribution >= 4 is 18.3 Å². The Labute approximate surface area is 99.8 Å². The summed E-state index contributed by atoms with van der Waals surface area (Å²) in [5.41, 5.74) is 5.40. The Balaban J connectivity index is 0.00000225. The third-order valence-corrected chi connectivity index (χ3v) is 1.66. The van der Waals surface area contributed by atoms with Crippen molar-refractivity contribution in [1.29, 1.82) is 0 Å². The molecule has 0 aliphatic rings. The number of pyridine rings is 1. The zero-order valence-electron chi connectivity index (χ0n) is 9.16. The first kappa shape index (κ1) is 14.8. The van der Waals surface area contributed by atoms with Crippen LogP contribution in [0.2, 0.25) is 0 Å². The fraction of sp³-hybridized carbons (Fsp3) is 0.400. The number of nitrogens with one attached hydrogen (secondary N) is 1. The molecule has 0 bridgehead atoms. The van der Waals surface area contributed by atoms with Crippen molar-refractivity contribution in [2.75, 3.05) is 6.54 Å². The van der Waals surface area contributed by atoms with E-state index in [2.05, 4.69) is 10.3 Å². The van der Waals surface area contributed by atoms with Crippen LogP contribution >= 0.6 is 12.4 Å². The molecule has 90 valence electrons. The predicted octanol–water partition coefficient (Wildman–Crippen LogP) is 1.11. The molecule has 0 aliphatic heterocycles. The van der Waals surface area contributed by atoms with Crippen LogP contribution in [0.4, 0.5) is 4.39 Å². The molecule has 16 heavy (non-hydrogen) atoms. The molecule has 0 saturated heterocycles. The van der Waals surface area contributed by atoms with Crippen molar-refractivity contribution in [3.63, 3.8) is 0 Å². The molecule has 4 nitrogen and oxygen atoms in total. The lowest BCUT2D eigenvalue weighted by Crippen LogP contribution is -2.45. The van der Waals surface area contributed by atoms with Crippen LogP contribution in [0.5, 0.6) is 0 Å². The number of rotatable bonds is 3. The molecular weight excluding hydrogens is 233 g/mol. The van der Waals surface area contributed by atoms with Crippen LogP contribution in [0.25, 0.3) is 0 Å². The van der Waals surface area contributed by atoms with E-state index in [4.69, 9.17) is 5.73 Å². The summed E-state index contributed by atoms with van der Waals surface area (Å²) in [4.78, 5) is 15.1. The second kappa shape index (κ2) is 5.77. The molecule has 0 atom stereocenters. The van der Waals surface area contributed by atoms with Gasteiger partial charge in [-0.05, 0) is 26.0 Å². The first-order chi connectivity index (χ1) is 6.88. The van der Waals surface area contributed by atoms with Crippen LogP contribution in [0.3, 0.4) is 0 Å². The summed E-state index contributed by atoms with van der Waals surface area (Å²) in [6.45, 7) is 3.93. The maximum Gasteiger partial charge on any atom is 0.269 e. The van der Waals surface area contributed by atoms with E-state index in [1.54, 1.807) is 13.8 Å². The molecule has 1 amide bonds. The number of aromatic nitrogens is 1. The highest BCUT2D eigenvalue weighted by Gasteiger charge is 2.13. The maximum atomic E-state index is 12.5. The summed E-state index contributed by atoms with van der Waals surface area (Å²) in [5.74, 6) is -0.820. The van der Waals surface area contributed by atoms with Crippen molar-refractivity contribution in [3.05, 3.63) is 29.8 Å². The summed E-state index contributed by atoms with van der Waals surface area (Å²) in [7, 11) is 0. The van der Waals surface area contributed by atoms with Crippen molar-refractivity contribution in [3.8, 4) is 0 Å². The fourth-order valence-corrected chi connectivity index (χ4v) is 0.909. The standard InChI is InChI=1S/C10H14FN3O.ClH/c1-10(2,12)6-14-9(15)8-4-3-7(11)5-13-8;/h3-5H,6,12H2,1-2H3,(H,14,15);1H. The Hall–Kier alpha value is -1.20. The van der Waals surface area contributed by atoms with Gasteiger partial charge in [-0.2, -0.15) is 0 Å². The largest absolute Gasteiger partial charge is 0.349 e. The Morgan fingerprint density at radius 1 is 1.56 bits per heavy atom. The highest BCUT2D eigenvalue weighted by Crippen LogP contribution is 1.99. The number of nitrogens with zero attached hydrogens (tertiary/aromatic N) is 1. The fourth-order valence-electron chi connectivity index (χ4n) is 0.909. The van der Waals surface area contributed by atoms with Gasteiger partial charge >= 0.3 is 0 Å². The Bertz CT molecular complexity index is 348. The molecule has 0 aliphatic carbocycles. The van der Waals surface area contributed by atoms with Gasteiger partial charge in [-0.3, -0.25) is 4.79 Å². The Morgan fingerprint density at radius 3 is 2.62 bits per heavy atom. The van der Waals surface area contributed by atoms with Crippen LogP contribution in [0.15, 0.2) is 18.3 Å². The lowest BCUT2D eigenvalue weighted by Gasteiger charge is -2.18. The van der Waals surface area contributed by atoms with Crippen molar-refractivity contribution < 1.29 is 9.18 Å². The number of hydrogen-bond acceptors (Lipinski definition) is 3. The van der Waals surface area contributed by atoms with Gasteiger partial charge in [0.05, 0.1) is 6.20 Å². The third-order valence-electron chi connectivity index (χ3n) is 1.66. The van der Waals surface area contributed by atoms with Gasteiger partial charge < -0.3 is 11.1 Å². The molecule has 1 rings (SSSR count). The molecule has 0 unspecified atom stereocenters. The van der Waals surface area contributed by atoms with E-state index in [0.717, 1.165) is 6.20 Å². The smallest absolute Gasteiger partial charge is 0.269 e. The minimum Gasteiger partial charge on any atom is -0.349 e. The zero-order valence-corrected chi connectivity index (χ0v) is 9.97. The minimum absolute atomic E-state index is 0. The molecule has 0 saturated carbocycles. The van der Waals surface area contributed by atoms with Gasteiger partial charge in [0.25, 0.3) is 5.91 Å². The first-order valence-corrected chi connectivity index (χ1v) is 4.57. The second-order valence-corrected chi connectivity index (χ2v) is 4.03. The number of hydrogen-bond donors (Lipinski definition) is 2. The maximum absolute atomic E-state index is 12.5. The van der Waals surface area contributed by atoms with Crippen LogP contribution in [-0.2, 0) is 0 Å². The van der Waals surface area contributed by atoms with E-state index in [9.17, 15) is 9.18 Å². The summed E-state index contributed by atoms with van der Waals surface area (Å²) >= 11 is 0. The molecule has 1 aromatic rings. The molecule has 3 N–H and O–H groups in total. The van der Waals surface area contributed by atoms with Gasteiger partial charge in [0, 0.05) is 12.1 Å². The topological polar surface area (TPSA) is 68.0 Å². The zero-order chi connectivity index (χ0) is 11.5. The van der Waals surface area contributed by atoms with E-state index in [1.165, 1.54) is 12.1 Å². The lowest BCUT2D eigenvalue weighted by molar-refractivity contribution is 0.0941. The van der Waals surface area contributed by atoms with Gasteiger partial charge in [-0.25, -0.2) is 9.37 Å². The van der Waals surface area contributed by atoms with Crippen LogP contribution in [0, 0.1) is 5.82 Å². The summed E-state index contributed by atoms with van der Waals surface area (Å²) < 4.78 is 12.5. The first-order valence-electron chi connectivity index (χ1n) is 4.57. The van der Waals surface area contributed by atoms with E-state index in [0.29, 0.717) is 6.54 Å². The van der Waals surface area contributed by atoms with Gasteiger partial charge in [-0.15, -0.1) is 12.4 Å². The number of amides is 1. The molecule has 0 aromatic carbocycles. The van der Waals surface area contributed by atoms with Gasteiger partial charge in [0.2, 0.25) is 0 Å². The van der Waals surface area contributed by atoms with E-state index in [-0.39, 0.29) is 24.0 Å². The number of nitrogens with two attached hydrogens (primary N) is 1. The third kappa shape index (κ3) is 5.04. The quantitative estimate of drug-likeness (QED) is 0.841. The summed E-state index contributed by atoms with van der Waals surface area (Å²) in [5, 5.41) is 2.61. The van der Waals surface area contributed by atoms with Gasteiger partial charge in [-0.1, -0.05) is 0 Å². The highest BCUT2D eigenvalue weighted by atomic mass is 35.5. The molecule has 1 aromatic heterocycles. The van der Waals surface area contributed by atoms with Crippen molar-refractivity contribution in [2.45, 2.75) is 19.4 Å². The van der Waals surface area contributed by atoms with Crippen LogP contribution in [0.1, 0.15) is 24.3 Å². The molecule has 1 heterocycles. The number of halogens is 2. The summed E-state index contributed by atoms with van der Waals surface area (Å²) in [6, 6.07) is 2.52. The molecule has 0 spiro atoms. The average molecular weight is 248 g/mol. The Kier molecular flexibility index (Phi) is 5.33. The Morgan fingerprint density at radius 2 is 2.19 bits per heavy atom. The highest BCUT2D eigenvalue weighted by molar-refractivity contribution is 5.92. The number of carbonyl (C=O) groups excluding carboxylic acids is 1.